The molecular formula is C16H16FIN2O. The summed E-state index contributed by atoms with van der Waals surface area (Å²) in [5.41, 5.74) is 7.69. The summed E-state index contributed by atoms with van der Waals surface area (Å²) in [6.07, 6.45) is 0.803. The van der Waals surface area contributed by atoms with E-state index in [4.69, 9.17) is 5.73 Å². The number of rotatable bonds is 4. The highest BCUT2D eigenvalue weighted by atomic mass is 127. The smallest absolute Gasteiger partial charge is 0.259 e. The van der Waals surface area contributed by atoms with Crippen LogP contribution in [-0.4, -0.2) is 12.5 Å². The molecule has 1 amide bonds. The van der Waals surface area contributed by atoms with Crippen molar-refractivity contribution in [1.29, 1.82) is 0 Å². The predicted molar refractivity (Wildman–Crippen MR) is 91.9 cm³/mol. The average Bonchev–Trinajstić information content (AvgIpc) is 2.45. The van der Waals surface area contributed by atoms with E-state index in [-0.39, 0.29) is 11.7 Å². The first-order valence-corrected chi connectivity index (χ1v) is 7.74. The fourth-order valence-corrected chi connectivity index (χ4v) is 2.80. The van der Waals surface area contributed by atoms with Crippen LogP contribution in [0.25, 0.3) is 0 Å². The largest absolute Gasteiger partial charge is 0.397 e. The van der Waals surface area contributed by atoms with Crippen molar-refractivity contribution in [1.82, 2.24) is 0 Å². The van der Waals surface area contributed by atoms with Crippen molar-refractivity contribution in [2.45, 2.75) is 13.3 Å². The molecule has 0 atom stereocenters. The maximum Gasteiger partial charge on any atom is 0.259 e. The Morgan fingerprint density at radius 3 is 2.62 bits per heavy atom. The highest BCUT2D eigenvalue weighted by Gasteiger charge is 2.20. The average molecular weight is 398 g/mol. The van der Waals surface area contributed by atoms with E-state index in [0.29, 0.717) is 27.1 Å². The minimum atomic E-state index is -0.350. The molecule has 21 heavy (non-hydrogen) atoms. The summed E-state index contributed by atoms with van der Waals surface area (Å²) in [5, 5.41) is 0. The molecule has 2 N–H and O–H groups in total. The van der Waals surface area contributed by atoms with Crippen LogP contribution in [0, 0.1) is 9.39 Å². The normalized spacial score (nSPS) is 10.4. The molecule has 0 saturated heterocycles. The monoisotopic (exact) mass is 398 g/mol. The van der Waals surface area contributed by atoms with Gasteiger partial charge in [0.15, 0.2) is 0 Å². The molecule has 110 valence electrons. The lowest BCUT2D eigenvalue weighted by molar-refractivity contribution is 0.0986. The minimum absolute atomic E-state index is 0.167. The standard InChI is InChI=1S/C16H16FIN2O/c1-2-9-20(15-6-4-3-5-14(15)19)16(21)12-8-7-11(17)10-13(12)18/h3-8,10H,2,9,19H2,1H3. The summed E-state index contributed by atoms with van der Waals surface area (Å²) in [4.78, 5) is 14.4. The quantitative estimate of drug-likeness (QED) is 0.624. The molecule has 5 heteroatoms. The lowest BCUT2D eigenvalue weighted by atomic mass is 10.1. The van der Waals surface area contributed by atoms with Crippen LogP contribution < -0.4 is 10.6 Å². The Kier molecular flexibility index (Phi) is 5.17. The Morgan fingerprint density at radius 1 is 1.29 bits per heavy atom. The first-order chi connectivity index (χ1) is 10.0. The van der Waals surface area contributed by atoms with Gasteiger partial charge >= 0.3 is 0 Å². The lowest BCUT2D eigenvalue weighted by Gasteiger charge is -2.24. The van der Waals surface area contributed by atoms with Crippen LogP contribution in [0.5, 0.6) is 0 Å². The van der Waals surface area contributed by atoms with E-state index in [9.17, 15) is 9.18 Å². The first-order valence-electron chi connectivity index (χ1n) is 6.66. The van der Waals surface area contributed by atoms with Gasteiger partial charge < -0.3 is 10.6 Å². The first kappa shape index (κ1) is 15.8. The number of nitrogens with zero attached hydrogens (tertiary/aromatic N) is 1. The van der Waals surface area contributed by atoms with Crippen LogP contribution in [-0.2, 0) is 0 Å². The number of benzene rings is 2. The predicted octanol–water partition coefficient (Wildman–Crippen LogP) is 4.07. The molecule has 0 aliphatic rings. The van der Waals surface area contributed by atoms with Gasteiger partial charge in [0.1, 0.15) is 5.82 Å². The molecule has 2 rings (SSSR count). The van der Waals surface area contributed by atoms with Crippen molar-refractivity contribution in [2.24, 2.45) is 0 Å². The topological polar surface area (TPSA) is 46.3 Å². The second-order valence-electron chi connectivity index (χ2n) is 4.64. The molecule has 0 aromatic heterocycles. The number of carbonyl (C=O) groups is 1. The third-order valence-electron chi connectivity index (χ3n) is 3.08. The number of amides is 1. The van der Waals surface area contributed by atoms with Gasteiger partial charge in [0.05, 0.1) is 16.9 Å². The fraction of sp³-hybridized carbons (Fsp3) is 0.188. The van der Waals surface area contributed by atoms with Gasteiger partial charge in [-0.3, -0.25) is 4.79 Å². The molecule has 2 aromatic carbocycles. The van der Waals surface area contributed by atoms with Crippen molar-refractivity contribution in [3.63, 3.8) is 0 Å². The maximum absolute atomic E-state index is 13.2. The summed E-state index contributed by atoms with van der Waals surface area (Å²) in [6, 6.07) is 11.4. The van der Waals surface area contributed by atoms with Crippen molar-refractivity contribution in [3.8, 4) is 0 Å². The number of hydrogen-bond acceptors (Lipinski definition) is 2. The van der Waals surface area contributed by atoms with Crippen LogP contribution in [0.3, 0.4) is 0 Å². The number of hydrogen-bond donors (Lipinski definition) is 1. The molecule has 3 nitrogen and oxygen atoms in total. The Hall–Kier alpha value is -1.63. The summed E-state index contributed by atoms with van der Waals surface area (Å²) in [7, 11) is 0. The molecule has 0 spiro atoms. The van der Waals surface area contributed by atoms with Crippen LogP contribution >= 0.6 is 22.6 Å². The Morgan fingerprint density at radius 2 is 2.00 bits per heavy atom. The zero-order valence-electron chi connectivity index (χ0n) is 11.6. The summed E-state index contributed by atoms with van der Waals surface area (Å²) < 4.78 is 13.8. The zero-order valence-corrected chi connectivity index (χ0v) is 13.8. The molecule has 0 aliphatic heterocycles. The van der Waals surface area contributed by atoms with E-state index >= 15 is 0 Å². The second-order valence-corrected chi connectivity index (χ2v) is 5.80. The Balaban J connectivity index is 2.43. The van der Waals surface area contributed by atoms with Crippen LogP contribution in [0.4, 0.5) is 15.8 Å². The van der Waals surface area contributed by atoms with Gasteiger partial charge in [0, 0.05) is 10.1 Å². The Labute approximate surface area is 137 Å². The van der Waals surface area contributed by atoms with Crippen molar-refractivity contribution in [2.75, 3.05) is 17.2 Å². The molecule has 0 fully saturated rings. The summed E-state index contributed by atoms with van der Waals surface area (Å²) >= 11 is 1.97. The Bertz CT molecular complexity index is 660. The van der Waals surface area contributed by atoms with Crippen LogP contribution in [0.15, 0.2) is 42.5 Å². The third-order valence-corrected chi connectivity index (χ3v) is 3.97. The molecule has 2 aromatic rings. The van der Waals surface area contributed by atoms with Crippen LogP contribution in [0.2, 0.25) is 0 Å². The van der Waals surface area contributed by atoms with E-state index in [1.54, 1.807) is 11.0 Å². The molecule has 0 bridgehead atoms. The van der Waals surface area contributed by atoms with Gasteiger partial charge in [0.2, 0.25) is 0 Å². The van der Waals surface area contributed by atoms with Gasteiger partial charge in [-0.15, -0.1) is 0 Å². The molecule has 0 unspecified atom stereocenters. The van der Waals surface area contributed by atoms with Crippen molar-refractivity contribution < 1.29 is 9.18 Å². The zero-order chi connectivity index (χ0) is 15.4. The SMILES string of the molecule is CCCN(C(=O)c1ccc(F)cc1I)c1ccccc1N. The number of nitrogens with two attached hydrogens (primary N) is 1. The number of para-hydroxylation sites is 2. The molecule has 0 saturated carbocycles. The van der Waals surface area contributed by atoms with E-state index in [2.05, 4.69) is 0 Å². The van der Waals surface area contributed by atoms with Gasteiger partial charge in [-0.2, -0.15) is 0 Å². The van der Waals surface area contributed by atoms with Crippen LogP contribution in [0.1, 0.15) is 23.7 Å². The molecular weight excluding hydrogens is 382 g/mol. The van der Waals surface area contributed by atoms with Gasteiger partial charge in [0.25, 0.3) is 5.91 Å². The summed E-state index contributed by atoms with van der Waals surface area (Å²) in [6.45, 7) is 2.55. The molecule has 0 aliphatic carbocycles. The van der Waals surface area contributed by atoms with Crippen molar-refractivity contribution >= 4 is 39.9 Å². The van der Waals surface area contributed by atoms with E-state index in [1.165, 1.54) is 18.2 Å². The van der Waals surface area contributed by atoms with Gasteiger partial charge in [-0.1, -0.05) is 19.1 Å². The number of nitrogen functional groups attached to an aromatic ring is 1. The van der Waals surface area contributed by atoms with E-state index in [1.807, 2.05) is 47.7 Å². The van der Waals surface area contributed by atoms with Gasteiger partial charge in [-0.05, 0) is 59.3 Å². The fourth-order valence-electron chi connectivity index (χ4n) is 2.10. The molecule has 0 heterocycles. The number of carbonyl (C=O) groups excluding carboxylic acids is 1. The van der Waals surface area contributed by atoms with E-state index < -0.39 is 0 Å². The highest BCUT2D eigenvalue weighted by molar-refractivity contribution is 14.1. The minimum Gasteiger partial charge on any atom is -0.397 e. The third kappa shape index (κ3) is 3.53. The van der Waals surface area contributed by atoms with E-state index in [0.717, 1.165) is 6.42 Å². The van der Waals surface area contributed by atoms with Gasteiger partial charge in [-0.25, -0.2) is 4.39 Å². The molecule has 0 radical (unpaired) electrons. The maximum atomic E-state index is 13.2. The number of halogens is 2. The second kappa shape index (κ2) is 6.89. The lowest BCUT2D eigenvalue weighted by Crippen LogP contribution is -2.32. The van der Waals surface area contributed by atoms with Crippen molar-refractivity contribution in [3.05, 3.63) is 57.4 Å². The summed E-state index contributed by atoms with van der Waals surface area (Å²) in [5.74, 6) is -0.517. The number of anilines is 2. The highest BCUT2D eigenvalue weighted by Crippen LogP contribution is 2.26.